The van der Waals surface area contributed by atoms with E-state index in [1.54, 1.807) is 0 Å². The molecule has 5 aliphatic rings. The first-order chi connectivity index (χ1) is 14.7. The Morgan fingerprint density at radius 3 is 2.52 bits per heavy atom. The molecule has 1 saturated heterocycles. The Kier molecular flexibility index (Phi) is 5.86. The second-order valence-electron chi connectivity index (χ2n) is 13.4. The molecule has 0 amide bonds. The molecule has 1 spiro atoms. The lowest BCUT2D eigenvalue weighted by molar-refractivity contribution is -0.130. The fourth-order valence-electron chi connectivity index (χ4n) is 10.1. The predicted molar refractivity (Wildman–Crippen MR) is 128 cm³/mol. The summed E-state index contributed by atoms with van der Waals surface area (Å²) in [6, 6.07) is 0. The summed E-state index contributed by atoms with van der Waals surface area (Å²) in [5.74, 6) is 5.41. The van der Waals surface area contributed by atoms with Crippen molar-refractivity contribution in [1.82, 2.24) is 0 Å². The molecule has 0 radical (unpaired) electrons. The van der Waals surface area contributed by atoms with E-state index in [1.165, 1.54) is 70.6 Å². The van der Waals surface area contributed by atoms with Crippen LogP contribution in [0.3, 0.4) is 0 Å². The first-order valence-electron chi connectivity index (χ1n) is 14.0. The summed E-state index contributed by atoms with van der Waals surface area (Å²) >= 11 is 0. The summed E-state index contributed by atoms with van der Waals surface area (Å²) in [5.41, 5.74) is 1.15. The Balaban J connectivity index is 1.33. The molecule has 1 heterocycles. The molecule has 178 valence electrons. The van der Waals surface area contributed by atoms with Crippen LogP contribution in [-0.2, 0) is 9.47 Å². The molecule has 0 aromatic carbocycles. The minimum Gasteiger partial charge on any atom is -0.378 e. The smallest absolute Gasteiger partial charge is 0.101 e. The highest BCUT2D eigenvalue weighted by Gasteiger charge is 2.76. The van der Waals surface area contributed by atoms with E-state index >= 15 is 0 Å². The van der Waals surface area contributed by atoms with Gasteiger partial charge in [0.2, 0.25) is 0 Å². The van der Waals surface area contributed by atoms with Gasteiger partial charge in [0.05, 0.1) is 12.2 Å². The molecule has 31 heavy (non-hydrogen) atoms. The summed E-state index contributed by atoms with van der Waals surface area (Å²) < 4.78 is 12.9. The van der Waals surface area contributed by atoms with Gasteiger partial charge in [-0.1, -0.05) is 53.9 Å². The zero-order valence-corrected chi connectivity index (χ0v) is 21.4. The van der Waals surface area contributed by atoms with Crippen LogP contribution in [0.15, 0.2) is 0 Å². The van der Waals surface area contributed by atoms with Crippen LogP contribution in [0.5, 0.6) is 0 Å². The highest BCUT2D eigenvalue weighted by molar-refractivity contribution is 5.24. The van der Waals surface area contributed by atoms with Gasteiger partial charge in [0.25, 0.3) is 0 Å². The molecule has 5 fully saturated rings. The Hall–Kier alpha value is -0.0800. The SMILES string of the molecule is CCOC1CCC23O[C@H]2C[C@H]2[C@@H]4CC[C@H]([C@H](C)CCCC(C)C)[C@@]4(C)CC[C@@H]2[C@@]3(C)C1. The maximum absolute atomic E-state index is 6.67. The van der Waals surface area contributed by atoms with Crippen molar-refractivity contribution in [2.24, 2.45) is 46.3 Å². The van der Waals surface area contributed by atoms with Crippen molar-refractivity contribution in [2.75, 3.05) is 6.61 Å². The van der Waals surface area contributed by atoms with Crippen molar-refractivity contribution in [2.45, 2.75) is 130 Å². The maximum atomic E-state index is 6.67. The first kappa shape index (κ1) is 22.7. The van der Waals surface area contributed by atoms with E-state index in [0.29, 0.717) is 23.0 Å². The molecule has 2 nitrogen and oxygen atoms in total. The van der Waals surface area contributed by atoms with Gasteiger partial charge in [0, 0.05) is 12.0 Å². The van der Waals surface area contributed by atoms with Gasteiger partial charge in [0.15, 0.2) is 0 Å². The predicted octanol–water partition coefficient (Wildman–Crippen LogP) is 7.64. The van der Waals surface area contributed by atoms with Gasteiger partial charge in [-0.3, -0.25) is 0 Å². The van der Waals surface area contributed by atoms with Crippen LogP contribution < -0.4 is 0 Å². The quantitative estimate of drug-likeness (QED) is 0.387. The highest BCUT2D eigenvalue weighted by Crippen LogP contribution is 2.74. The molecule has 4 aliphatic carbocycles. The zero-order valence-electron chi connectivity index (χ0n) is 21.4. The van der Waals surface area contributed by atoms with Crippen LogP contribution in [0.1, 0.15) is 112 Å². The maximum Gasteiger partial charge on any atom is 0.101 e. The van der Waals surface area contributed by atoms with Gasteiger partial charge >= 0.3 is 0 Å². The second-order valence-corrected chi connectivity index (χ2v) is 13.4. The molecule has 1 aliphatic heterocycles. The van der Waals surface area contributed by atoms with Gasteiger partial charge in [-0.25, -0.2) is 0 Å². The Labute approximate surface area is 192 Å². The van der Waals surface area contributed by atoms with Gasteiger partial charge in [-0.05, 0) is 99.2 Å². The molecule has 5 rings (SSSR count). The molecule has 4 saturated carbocycles. The van der Waals surface area contributed by atoms with Crippen molar-refractivity contribution in [3.8, 4) is 0 Å². The summed E-state index contributed by atoms with van der Waals surface area (Å²) in [5, 5.41) is 0. The van der Waals surface area contributed by atoms with Crippen molar-refractivity contribution in [3.63, 3.8) is 0 Å². The van der Waals surface area contributed by atoms with Crippen LogP contribution in [-0.4, -0.2) is 24.4 Å². The Morgan fingerprint density at radius 2 is 1.77 bits per heavy atom. The van der Waals surface area contributed by atoms with E-state index < -0.39 is 0 Å². The van der Waals surface area contributed by atoms with Crippen LogP contribution >= 0.6 is 0 Å². The van der Waals surface area contributed by atoms with Crippen LogP contribution in [0, 0.1) is 46.3 Å². The normalized spacial score (nSPS) is 51.6. The first-order valence-corrected chi connectivity index (χ1v) is 14.0. The van der Waals surface area contributed by atoms with E-state index in [4.69, 9.17) is 9.47 Å². The van der Waals surface area contributed by atoms with E-state index in [2.05, 4.69) is 41.5 Å². The topological polar surface area (TPSA) is 21.8 Å². The standard InChI is InChI=1S/C29H50O2/c1-7-30-21-13-16-29-26(31-29)17-22-24-12-11-23(20(4)10-8-9-19(2)3)27(24,5)15-14-25(22)28(29,6)18-21/h19-26H,7-18H2,1-6H3/t20-,21?,22+,23-,24+,25+,26+,27-,28-,29?/m1/s1. The van der Waals surface area contributed by atoms with Gasteiger partial charge in [0.1, 0.15) is 5.60 Å². The molecule has 2 heteroatoms. The number of hydrogen-bond donors (Lipinski definition) is 0. The average molecular weight is 431 g/mol. The van der Waals surface area contributed by atoms with Gasteiger partial charge < -0.3 is 9.47 Å². The van der Waals surface area contributed by atoms with Crippen LogP contribution in [0.2, 0.25) is 0 Å². The third-order valence-electron chi connectivity index (χ3n) is 11.6. The molecule has 0 aromatic rings. The molecule has 2 unspecified atom stereocenters. The third kappa shape index (κ3) is 3.39. The second kappa shape index (κ2) is 8.00. The number of epoxide rings is 1. The lowest BCUT2D eigenvalue weighted by Gasteiger charge is -2.60. The van der Waals surface area contributed by atoms with Gasteiger partial charge in [-0.15, -0.1) is 0 Å². The highest BCUT2D eigenvalue weighted by atomic mass is 16.6. The molecule has 0 aromatic heterocycles. The fraction of sp³-hybridized carbons (Fsp3) is 1.00. The molecular formula is C29H50O2. The van der Waals surface area contributed by atoms with Gasteiger partial charge in [-0.2, -0.15) is 0 Å². The van der Waals surface area contributed by atoms with Crippen molar-refractivity contribution >= 4 is 0 Å². The van der Waals surface area contributed by atoms with E-state index in [0.717, 1.165) is 42.1 Å². The Morgan fingerprint density at radius 1 is 0.968 bits per heavy atom. The Bertz CT molecular complexity index is 659. The largest absolute Gasteiger partial charge is 0.378 e. The monoisotopic (exact) mass is 430 g/mol. The summed E-state index contributed by atoms with van der Waals surface area (Å²) in [6.07, 6.45) is 16.3. The minimum atomic E-state index is 0.220. The lowest BCUT2D eigenvalue weighted by atomic mass is 9.44. The minimum absolute atomic E-state index is 0.220. The van der Waals surface area contributed by atoms with Crippen molar-refractivity contribution in [1.29, 1.82) is 0 Å². The summed E-state index contributed by atoms with van der Waals surface area (Å²) in [4.78, 5) is 0. The summed E-state index contributed by atoms with van der Waals surface area (Å²) in [7, 11) is 0. The van der Waals surface area contributed by atoms with Crippen LogP contribution in [0.25, 0.3) is 0 Å². The average Bonchev–Trinajstić information content (AvgIpc) is 3.30. The zero-order chi connectivity index (χ0) is 22.0. The van der Waals surface area contributed by atoms with Crippen molar-refractivity contribution in [3.05, 3.63) is 0 Å². The van der Waals surface area contributed by atoms with Crippen LogP contribution in [0.4, 0.5) is 0 Å². The van der Waals surface area contributed by atoms with E-state index in [9.17, 15) is 0 Å². The molecule has 0 N–H and O–H groups in total. The third-order valence-corrected chi connectivity index (χ3v) is 11.6. The van der Waals surface area contributed by atoms with E-state index in [-0.39, 0.29) is 5.60 Å². The van der Waals surface area contributed by atoms with Crippen molar-refractivity contribution < 1.29 is 9.47 Å². The molecular weight excluding hydrogens is 380 g/mol. The number of rotatable bonds is 7. The lowest BCUT2D eigenvalue weighted by Crippen LogP contribution is -2.59. The molecule has 10 atom stereocenters. The number of fused-ring (bicyclic) bond motifs is 4. The number of ether oxygens (including phenoxy) is 2. The van der Waals surface area contributed by atoms with E-state index in [1.807, 2.05) is 0 Å². The molecule has 0 bridgehead atoms. The number of hydrogen-bond acceptors (Lipinski definition) is 2. The summed E-state index contributed by atoms with van der Waals surface area (Å²) in [6.45, 7) is 15.7. The fourth-order valence-corrected chi connectivity index (χ4v) is 10.1.